The number of nitrogens with zero attached hydrogens (tertiary/aromatic N) is 2. The fourth-order valence-corrected chi connectivity index (χ4v) is 3.62. The largest absolute Gasteiger partial charge is 0.465 e. The molecule has 0 amide bonds. The van der Waals surface area contributed by atoms with Crippen LogP contribution in [0.3, 0.4) is 0 Å². The van der Waals surface area contributed by atoms with Crippen LogP contribution in [-0.2, 0) is 17.7 Å². The number of aromatic nitrogens is 2. The summed E-state index contributed by atoms with van der Waals surface area (Å²) >= 11 is 0. The zero-order valence-electron chi connectivity index (χ0n) is 16.3. The standard InChI is InChI=1S/C23H22N2O4/c1-28-22(26)17-11-13-18(14-12-17)29-23(27)20-19-10-6-3-7-15-25(19)21(24-20)16-8-4-2-5-9-16/h2,4-5,8-9,11-14H,3,6-7,10,15H2,1H3. The summed E-state index contributed by atoms with van der Waals surface area (Å²) in [5.74, 6) is 0.244. The van der Waals surface area contributed by atoms with E-state index in [0.717, 1.165) is 49.3 Å². The van der Waals surface area contributed by atoms with Gasteiger partial charge in [0.1, 0.15) is 11.6 Å². The predicted octanol–water partition coefficient (Wildman–Crippen LogP) is 4.28. The normalized spacial score (nSPS) is 13.3. The molecule has 0 aliphatic carbocycles. The van der Waals surface area contributed by atoms with Crippen LogP contribution < -0.4 is 4.74 Å². The van der Waals surface area contributed by atoms with Crippen molar-refractivity contribution in [3.05, 3.63) is 71.5 Å². The number of rotatable bonds is 4. The fourth-order valence-electron chi connectivity index (χ4n) is 3.62. The molecule has 0 atom stereocenters. The number of hydrogen-bond donors (Lipinski definition) is 0. The van der Waals surface area contributed by atoms with E-state index in [-0.39, 0.29) is 0 Å². The molecular formula is C23H22N2O4. The third-order valence-electron chi connectivity index (χ3n) is 5.08. The summed E-state index contributed by atoms with van der Waals surface area (Å²) in [4.78, 5) is 29.2. The van der Waals surface area contributed by atoms with Crippen LogP contribution in [0.5, 0.6) is 5.75 Å². The van der Waals surface area contributed by atoms with Gasteiger partial charge in [0.2, 0.25) is 0 Å². The van der Waals surface area contributed by atoms with Crippen LogP contribution in [-0.4, -0.2) is 28.6 Å². The second-order valence-corrected chi connectivity index (χ2v) is 6.96. The van der Waals surface area contributed by atoms with Gasteiger partial charge in [0.05, 0.1) is 18.4 Å². The molecule has 2 aromatic carbocycles. The second-order valence-electron chi connectivity index (χ2n) is 6.96. The van der Waals surface area contributed by atoms with Crippen molar-refractivity contribution in [3.63, 3.8) is 0 Å². The number of methoxy groups -OCH3 is 1. The second kappa shape index (κ2) is 8.31. The summed E-state index contributed by atoms with van der Waals surface area (Å²) in [7, 11) is 1.32. The first-order valence-electron chi connectivity index (χ1n) is 9.73. The molecule has 1 aliphatic rings. The minimum Gasteiger partial charge on any atom is -0.465 e. The number of carbonyl (C=O) groups excluding carboxylic acids is 2. The van der Waals surface area contributed by atoms with E-state index in [2.05, 4.69) is 14.3 Å². The molecule has 0 unspecified atom stereocenters. The molecule has 1 aromatic heterocycles. The average molecular weight is 390 g/mol. The highest BCUT2D eigenvalue weighted by atomic mass is 16.5. The highest BCUT2D eigenvalue weighted by Crippen LogP contribution is 2.28. The van der Waals surface area contributed by atoms with Gasteiger partial charge in [-0.2, -0.15) is 0 Å². The van der Waals surface area contributed by atoms with Crippen molar-refractivity contribution < 1.29 is 19.1 Å². The van der Waals surface area contributed by atoms with Crippen molar-refractivity contribution >= 4 is 11.9 Å². The Balaban J connectivity index is 1.64. The molecule has 0 N–H and O–H groups in total. The Morgan fingerprint density at radius 1 is 0.931 bits per heavy atom. The maximum Gasteiger partial charge on any atom is 0.364 e. The summed E-state index contributed by atoms with van der Waals surface area (Å²) in [6.45, 7) is 0.841. The highest BCUT2D eigenvalue weighted by molar-refractivity contribution is 5.92. The van der Waals surface area contributed by atoms with Gasteiger partial charge in [0, 0.05) is 12.1 Å². The molecule has 0 spiro atoms. The number of imidazole rings is 1. The summed E-state index contributed by atoms with van der Waals surface area (Å²) in [5.41, 5.74) is 2.67. The zero-order chi connectivity index (χ0) is 20.2. The summed E-state index contributed by atoms with van der Waals surface area (Å²) in [5, 5.41) is 0. The Labute approximate surface area is 169 Å². The number of esters is 2. The minimum absolute atomic E-state index is 0.360. The number of hydrogen-bond acceptors (Lipinski definition) is 5. The lowest BCUT2D eigenvalue weighted by atomic mass is 10.1. The molecule has 0 saturated carbocycles. The Kier molecular flexibility index (Phi) is 5.42. The van der Waals surface area contributed by atoms with Gasteiger partial charge in [-0.25, -0.2) is 14.6 Å². The van der Waals surface area contributed by atoms with Crippen LogP contribution in [0.2, 0.25) is 0 Å². The first kappa shape index (κ1) is 18.9. The van der Waals surface area contributed by atoms with Gasteiger partial charge >= 0.3 is 11.9 Å². The third-order valence-corrected chi connectivity index (χ3v) is 5.08. The van der Waals surface area contributed by atoms with Gasteiger partial charge in [0.15, 0.2) is 5.69 Å². The fraction of sp³-hybridized carbons (Fsp3) is 0.261. The van der Waals surface area contributed by atoms with Crippen LogP contribution in [0, 0.1) is 0 Å². The van der Waals surface area contributed by atoms with Gasteiger partial charge in [-0.05, 0) is 43.5 Å². The van der Waals surface area contributed by atoms with E-state index in [0.29, 0.717) is 17.0 Å². The molecule has 0 bridgehead atoms. The van der Waals surface area contributed by atoms with E-state index in [1.54, 1.807) is 24.3 Å². The number of carbonyl (C=O) groups is 2. The summed E-state index contributed by atoms with van der Waals surface area (Å²) < 4.78 is 12.4. The molecule has 1 aliphatic heterocycles. The van der Waals surface area contributed by atoms with Gasteiger partial charge in [-0.1, -0.05) is 36.8 Å². The molecule has 3 aromatic rings. The lowest BCUT2D eigenvalue weighted by molar-refractivity contribution is 0.0600. The monoisotopic (exact) mass is 390 g/mol. The van der Waals surface area contributed by atoms with E-state index in [1.807, 2.05) is 30.3 Å². The van der Waals surface area contributed by atoms with Gasteiger partial charge < -0.3 is 14.0 Å². The Morgan fingerprint density at radius 2 is 1.69 bits per heavy atom. The highest BCUT2D eigenvalue weighted by Gasteiger charge is 2.25. The molecule has 6 nitrogen and oxygen atoms in total. The number of fused-ring (bicyclic) bond motifs is 1. The first-order chi connectivity index (χ1) is 14.2. The van der Waals surface area contributed by atoms with E-state index in [9.17, 15) is 9.59 Å². The van der Waals surface area contributed by atoms with E-state index >= 15 is 0 Å². The molecule has 0 radical (unpaired) electrons. The number of benzene rings is 2. The maximum atomic E-state index is 12.9. The van der Waals surface area contributed by atoms with Crippen LogP contribution in [0.15, 0.2) is 54.6 Å². The lowest BCUT2D eigenvalue weighted by Gasteiger charge is -2.09. The van der Waals surface area contributed by atoms with E-state index in [1.165, 1.54) is 7.11 Å². The molecule has 148 valence electrons. The predicted molar refractivity (Wildman–Crippen MR) is 108 cm³/mol. The van der Waals surface area contributed by atoms with Crippen molar-refractivity contribution in [3.8, 4) is 17.1 Å². The molecular weight excluding hydrogens is 368 g/mol. The minimum atomic E-state index is -0.483. The Bertz CT molecular complexity index is 1020. The Hall–Kier alpha value is -3.41. The Morgan fingerprint density at radius 3 is 2.41 bits per heavy atom. The SMILES string of the molecule is COC(=O)c1ccc(OC(=O)c2nc(-c3ccccc3)n3c2CCCCC3)cc1. The lowest BCUT2D eigenvalue weighted by Crippen LogP contribution is -2.13. The molecule has 6 heteroatoms. The smallest absolute Gasteiger partial charge is 0.364 e. The van der Waals surface area contributed by atoms with Gasteiger partial charge in [-0.15, -0.1) is 0 Å². The summed E-state index contributed by atoms with van der Waals surface area (Å²) in [6.07, 6.45) is 4.01. The molecule has 0 saturated heterocycles. The van der Waals surface area contributed by atoms with Crippen molar-refractivity contribution in [1.82, 2.24) is 9.55 Å². The number of ether oxygens (including phenoxy) is 2. The van der Waals surface area contributed by atoms with Crippen molar-refractivity contribution in [1.29, 1.82) is 0 Å². The van der Waals surface area contributed by atoms with Crippen molar-refractivity contribution in [2.75, 3.05) is 7.11 Å². The molecule has 4 rings (SSSR count). The van der Waals surface area contributed by atoms with E-state index in [4.69, 9.17) is 4.74 Å². The molecule has 29 heavy (non-hydrogen) atoms. The topological polar surface area (TPSA) is 70.4 Å². The van der Waals surface area contributed by atoms with E-state index < -0.39 is 11.9 Å². The molecule has 0 fully saturated rings. The van der Waals surface area contributed by atoms with Crippen LogP contribution in [0.4, 0.5) is 0 Å². The van der Waals surface area contributed by atoms with Crippen molar-refractivity contribution in [2.45, 2.75) is 32.2 Å². The average Bonchev–Trinajstić information content (AvgIpc) is 2.95. The third kappa shape index (κ3) is 3.92. The first-order valence-corrected chi connectivity index (χ1v) is 9.73. The van der Waals surface area contributed by atoms with Crippen molar-refractivity contribution in [2.24, 2.45) is 0 Å². The molecule has 2 heterocycles. The maximum absolute atomic E-state index is 12.9. The van der Waals surface area contributed by atoms with Crippen LogP contribution in [0.1, 0.15) is 45.8 Å². The van der Waals surface area contributed by atoms with Crippen LogP contribution in [0.25, 0.3) is 11.4 Å². The van der Waals surface area contributed by atoms with Gasteiger partial charge in [-0.3, -0.25) is 0 Å². The van der Waals surface area contributed by atoms with Crippen LogP contribution >= 0.6 is 0 Å². The van der Waals surface area contributed by atoms with Gasteiger partial charge in [0.25, 0.3) is 0 Å². The summed E-state index contributed by atoms with van der Waals surface area (Å²) in [6, 6.07) is 16.2. The quantitative estimate of drug-likeness (QED) is 0.491. The zero-order valence-corrected chi connectivity index (χ0v) is 16.3.